The quantitative estimate of drug-likeness (QED) is 0.559. The van der Waals surface area contributed by atoms with E-state index in [-0.39, 0.29) is 18.3 Å². The minimum Gasteiger partial charge on any atom is -0.444 e. The Morgan fingerprint density at radius 3 is 2.36 bits per heavy atom. The Kier molecular flexibility index (Phi) is 6.44. The standard InChI is InChI=1S/C19H25FN2O5S/c1-6-7-15-12-16(27-28(20,24)25)13-17(14(15)2)21-8-10-22(11-9-21)18(23)26-19(3,4)5/h1,12-13H,7-11H2,2-5H3. The zero-order valence-electron chi connectivity index (χ0n) is 16.5. The SMILES string of the molecule is C#CCc1cc(OS(=O)(=O)F)cc(N2CCN(C(=O)OC(C)(C)C)CC2)c1C. The van der Waals surface area contributed by atoms with Crippen molar-refractivity contribution in [3.63, 3.8) is 0 Å². The Bertz CT molecular complexity index is 879. The highest BCUT2D eigenvalue weighted by atomic mass is 32.3. The molecule has 0 saturated carbocycles. The number of anilines is 1. The van der Waals surface area contributed by atoms with Gasteiger partial charge in [0.25, 0.3) is 0 Å². The van der Waals surface area contributed by atoms with E-state index in [1.165, 1.54) is 12.1 Å². The summed E-state index contributed by atoms with van der Waals surface area (Å²) in [5.74, 6) is 2.37. The predicted molar refractivity (Wildman–Crippen MR) is 104 cm³/mol. The van der Waals surface area contributed by atoms with Crippen molar-refractivity contribution in [2.75, 3.05) is 31.1 Å². The average molecular weight is 412 g/mol. The van der Waals surface area contributed by atoms with Gasteiger partial charge in [-0.3, -0.25) is 0 Å². The molecule has 0 radical (unpaired) electrons. The van der Waals surface area contributed by atoms with Crippen LogP contribution in [-0.2, 0) is 21.7 Å². The number of amides is 1. The highest BCUT2D eigenvalue weighted by Crippen LogP contribution is 2.31. The van der Waals surface area contributed by atoms with Crippen LogP contribution in [0.3, 0.4) is 0 Å². The largest absolute Gasteiger partial charge is 0.488 e. The molecule has 9 heteroatoms. The second kappa shape index (κ2) is 8.27. The van der Waals surface area contributed by atoms with E-state index >= 15 is 0 Å². The van der Waals surface area contributed by atoms with Crippen molar-refractivity contribution in [2.45, 2.75) is 39.7 Å². The lowest BCUT2D eigenvalue weighted by Gasteiger charge is -2.37. The van der Waals surface area contributed by atoms with E-state index in [4.69, 9.17) is 11.2 Å². The van der Waals surface area contributed by atoms with Crippen LogP contribution in [0.2, 0.25) is 0 Å². The lowest BCUT2D eigenvalue weighted by molar-refractivity contribution is 0.0240. The van der Waals surface area contributed by atoms with Gasteiger partial charge in [-0.15, -0.1) is 12.3 Å². The van der Waals surface area contributed by atoms with Crippen molar-refractivity contribution in [2.24, 2.45) is 0 Å². The molecular formula is C19H25FN2O5S. The first-order chi connectivity index (χ1) is 12.9. The Morgan fingerprint density at radius 1 is 1.25 bits per heavy atom. The van der Waals surface area contributed by atoms with Crippen LogP contribution in [0.25, 0.3) is 0 Å². The van der Waals surface area contributed by atoms with Crippen molar-refractivity contribution in [1.29, 1.82) is 0 Å². The number of rotatable bonds is 4. The molecule has 0 N–H and O–H groups in total. The zero-order chi connectivity index (χ0) is 21.1. The second-order valence-electron chi connectivity index (χ2n) is 7.54. The molecule has 1 aliphatic heterocycles. The molecule has 0 aromatic heterocycles. The van der Waals surface area contributed by atoms with Crippen LogP contribution in [0, 0.1) is 19.3 Å². The Hall–Kier alpha value is -2.47. The Morgan fingerprint density at radius 2 is 1.86 bits per heavy atom. The van der Waals surface area contributed by atoms with E-state index < -0.39 is 16.1 Å². The molecule has 0 bridgehead atoms. The first-order valence-corrected chi connectivity index (χ1v) is 10.1. The minimum atomic E-state index is -5.15. The van der Waals surface area contributed by atoms with Gasteiger partial charge in [-0.1, -0.05) is 3.89 Å². The van der Waals surface area contributed by atoms with Crippen molar-refractivity contribution in [1.82, 2.24) is 4.90 Å². The number of terminal acetylenes is 1. The molecule has 0 unspecified atom stereocenters. The fourth-order valence-corrected chi connectivity index (χ4v) is 3.30. The Balaban J connectivity index is 2.21. The van der Waals surface area contributed by atoms with Crippen LogP contribution < -0.4 is 9.08 Å². The third kappa shape index (κ3) is 6.02. The maximum Gasteiger partial charge on any atom is 0.488 e. The first kappa shape index (κ1) is 21.8. The van der Waals surface area contributed by atoms with Gasteiger partial charge in [0.15, 0.2) is 0 Å². The van der Waals surface area contributed by atoms with Gasteiger partial charge >= 0.3 is 16.6 Å². The van der Waals surface area contributed by atoms with E-state index in [1.54, 1.807) is 4.90 Å². The summed E-state index contributed by atoms with van der Waals surface area (Å²) < 4.78 is 44.5. The van der Waals surface area contributed by atoms with Crippen LogP contribution in [0.4, 0.5) is 14.4 Å². The van der Waals surface area contributed by atoms with E-state index in [0.29, 0.717) is 37.4 Å². The number of carbonyl (C=O) groups excluding carboxylic acids is 1. The molecule has 1 aromatic carbocycles. The fraction of sp³-hybridized carbons (Fsp3) is 0.526. The second-order valence-corrected chi connectivity index (χ2v) is 8.49. The average Bonchev–Trinajstić information content (AvgIpc) is 2.55. The summed E-state index contributed by atoms with van der Waals surface area (Å²) in [5, 5.41) is 0. The number of halogens is 1. The van der Waals surface area contributed by atoms with Crippen LogP contribution in [0.5, 0.6) is 5.75 Å². The van der Waals surface area contributed by atoms with Crippen LogP contribution in [0.1, 0.15) is 31.9 Å². The molecule has 28 heavy (non-hydrogen) atoms. The van der Waals surface area contributed by atoms with Crippen LogP contribution >= 0.6 is 0 Å². The third-order valence-corrected chi connectivity index (χ3v) is 4.61. The van der Waals surface area contributed by atoms with Gasteiger partial charge in [-0.25, -0.2) is 4.79 Å². The number of piperazine rings is 1. The topological polar surface area (TPSA) is 76.2 Å². The van der Waals surface area contributed by atoms with Gasteiger partial charge in [0.2, 0.25) is 0 Å². The minimum absolute atomic E-state index is 0.136. The summed E-state index contributed by atoms with van der Waals surface area (Å²) in [6, 6.07) is 2.89. The van der Waals surface area contributed by atoms with E-state index in [0.717, 1.165) is 5.56 Å². The van der Waals surface area contributed by atoms with E-state index in [1.807, 2.05) is 32.6 Å². The number of hydrogen-bond donors (Lipinski definition) is 0. The number of nitrogens with zero attached hydrogens (tertiary/aromatic N) is 2. The van der Waals surface area contributed by atoms with Gasteiger partial charge < -0.3 is 18.7 Å². The number of ether oxygens (including phenoxy) is 1. The molecule has 1 aromatic rings. The summed E-state index contributed by atoms with van der Waals surface area (Å²) in [5.41, 5.74) is 1.65. The molecule has 0 aliphatic carbocycles. The number of hydrogen-bond acceptors (Lipinski definition) is 6. The summed E-state index contributed by atoms with van der Waals surface area (Å²) in [6.45, 7) is 9.15. The molecule has 0 atom stereocenters. The lowest BCUT2D eigenvalue weighted by Crippen LogP contribution is -2.50. The lowest BCUT2D eigenvalue weighted by atomic mass is 10.0. The monoisotopic (exact) mass is 412 g/mol. The molecule has 1 aliphatic rings. The van der Waals surface area contributed by atoms with Gasteiger partial charge in [0, 0.05) is 44.4 Å². The summed E-state index contributed by atoms with van der Waals surface area (Å²) in [6.07, 6.45) is 5.26. The Labute approximate surface area is 165 Å². The van der Waals surface area contributed by atoms with Gasteiger partial charge in [0.05, 0.1) is 0 Å². The molecular weight excluding hydrogens is 387 g/mol. The van der Waals surface area contributed by atoms with Crippen LogP contribution in [-0.4, -0.2) is 51.2 Å². The molecule has 1 amide bonds. The number of carbonyl (C=O) groups is 1. The molecule has 1 fully saturated rings. The van der Waals surface area contributed by atoms with Crippen molar-refractivity contribution >= 4 is 22.3 Å². The maximum absolute atomic E-state index is 13.0. The van der Waals surface area contributed by atoms with E-state index in [9.17, 15) is 17.1 Å². The molecule has 1 saturated heterocycles. The third-order valence-electron chi connectivity index (χ3n) is 4.22. The smallest absolute Gasteiger partial charge is 0.444 e. The summed E-state index contributed by atoms with van der Waals surface area (Å²) in [4.78, 5) is 15.8. The molecule has 154 valence electrons. The normalized spacial score (nSPS) is 15.1. The first-order valence-electron chi connectivity index (χ1n) is 8.83. The summed E-state index contributed by atoms with van der Waals surface area (Å²) >= 11 is 0. The molecule has 1 heterocycles. The predicted octanol–water partition coefficient (Wildman–Crippen LogP) is 2.82. The number of benzene rings is 1. The van der Waals surface area contributed by atoms with E-state index in [2.05, 4.69) is 10.1 Å². The van der Waals surface area contributed by atoms with Gasteiger partial charge in [0.1, 0.15) is 11.4 Å². The van der Waals surface area contributed by atoms with Crippen LogP contribution in [0.15, 0.2) is 12.1 Å². The van der Waals surface area contributed by atoms with Crippen molar-refractivity contribution in [3.8, 4) is 18.1 Å². The zero-order valence-corrected chi connectivity index (χ0v) is 17.3. The van der Waals surface area contributed by atoms with Gasteiger partial charge in [-0.05, 0) is 44.9 Å². The molecule has 0 spiro atoms. The van der Waals surface area contributed by atoms with Crippen molar-refractivity contribution in [3.05, 3.63) is 23.3 Å². The van der Waals surface area contributed by atoms with Gasteiger partial charge in [-0.2, -0.15) is 8.42 Å². The highest BCUT2D eigenvalue weighted by Gasteiger charge is 2.27. The maximum atomic E-state index is 13.0. The highest BCUT2D eigenvalue weighted by molar-refractivity contribution is 7.81. The summed E-state index contributed by atoms with van der Waals surface area (Å²) in [7, 11) is -5.15. The molecule has 2 rings (SSSR count). The molecule has 7 nitrogen and oxygen atoms in total. The van der Waals surface area contributed by atoms with Crippen molar-refractivity contribution < 1.29 is 26.0 Å². The fourth-order valence-electron chi connectivity index (χ4n) is 2.97.